The van der Waals surface area contributed by atoms with Gasteiger partial charge in [0.2, 0.25) is 17.7 Å². The van der Waals surface area contributed by atoms with Gasteiger partial charge in [-0.05, 0) is 12.1 Å². The number of aliphatic imine (C=N–C) groups is 2. The number of hydrogen-bond acceptors (Lipinski definition) is 13. The molecule has 2 aliphatic rings. The highest BCUT2D eigenvalue weighted by atomic mass is 32.2. The van der Waals surface area contributed by atoms with Crippen LogP contribution in [0.3, 0.4) is 0 Å². The molecule has 0 saturated carbocycles. The number of oxazole rings is 2. The van der Waals surface area contributed by atoms with Gasteiger partial charge in [-0.3, -0.25) is 4.99 Å². The summed E-state index contributed by atoms with van der Waals surface area (Å²) in [5.74, 6) is 0.354. The van der Waals surface area contributed by atoms with Gasteiger partial charge >= 0.3 is 11.9 Å². The Morgan fingerprint density at radius 3 is 2.24 bits per heavy atom. The Balaban J connectivity index is 1.33. The van der Waals surface area contributed by atoms with Crippen LogP contribution in [0.25, 0.3) is 0 Å². The molecule has 0 aromatic carbocycles. The van der Waals surface area contributed by atoms with Gasteiger partial charge in [0.1, 0.15) is 35.9 Å². The molecule has 174 valence electrons. The molecule has 0 amide bonds. The van der Waals surface area contributed by atoms with Gasteiger partial charge in [-0.2, -0.15) is 0 Å². The van der Waals surface area contributed by atoms with E-state index < -0.39 is 18.0 Å². The van der Waals surface area contributed by atoms with Gasteiger partial charge in [-0.25, -0.2) is 29.5 Å². The van der Waals surface area contributed by atoms with Crippen LogP contribution in [-0.2, 0) is 14.2 Å². The fourth-order valence-corrected chi connectivity index (χ4v) is 4.23. The second-order valence-electron chi connectivity index (χ2n) is 7.06. The number of pyridine rings is 1. The van der Waals surface area contributed by atoms with Crippen LogP contribution < -0.4 is 0 Å². The van der Waals surface area contributed by atoms with Gasteiger partial charge in [0, 0.05) is 5.75 Å². The maximum atomic E-state index is 11.6. The first kappa shape index (κ1) is 21.8. The molecule has 0 N–H and O–H groups in total. The number of carbonyl (C=O) groups excluding carboxylic acids is 2. The fourth-order valence-electron chi connectivity index (χ4n) is 3.23. The normalized spacial score (nSPS) is 19.4. The predicted octanol–water partition coefficient (Wildman–Crippen LogP) is 2.38. The first-order chi connectivity index (χ1) is 16.6. The molecule has 0 spiro atoms. The molecule has 0 fully saturated rings. The monoisotopic (exact) mass is 483 g/mol. The lowest BCUT2D eigenvalue weighted by Crippen LogP contribution is -2.07. The van der Waals surface area contributed by atoms with E-state index >= 15 is 0 Å². The van der Waals surface area contributed by atoms with Crippen LogP contribution in [0.4, 0.5) is 0 Å². The Kier molecular flexibility index (Phi) is 5.84. The third kappa shape index (κ3) is 4.17. The molecule has 2 aliphatic heterocycles. The number of nitrogens with zero attached hydrogens (tertiary/aromatic N) is 5. The predicted molar refractivity (Wildman–Crippen MR) is 117 cm³/mol. The summed E-state index contributed by atoms with van der Waals surface area (Å²) < 4.78 is 25.7. The lowest BCUT2D eigenvalue weighted by atomic mass is 10.3. The van der Waals surface area contributed by atoms with Crippen LogP contribution in [0, 0.1) is 0 Å². The topological polar surface area (TPSA) is 152 Å². The zero-order valence-corrected chi connectivity index (χ0v) is 18.8. The largest absolute Gasteiger partial charge is 0.474 e. The minimum Gasteiger partial charge on any atom is -0.474 e. The molecule has 5 rings (SSSR count). The molecule has 13 heteroatoms. The number of ether oxygens (including phenoxy) is 3. The minimum absolute atomic E-state index is 0.0665. The second kappa shape index (κ2) is 9.09. The molecule has 0 radical (unpaired) electrons. The number of methoxy groups -OCH3 is 2. The lowest BCUT2D eigenvalue weighted by molar-refractivity contribution is 0.0585. The quantitative estimate of drug-likeness (QED) is 0.475. The van der Waals surface area contributed by atoms with Gasteiger partial charge in [0.05, 0.1) is 19.9 Å². The molecule has 12 nitrogen and oxygen atoms in total. The van der Waals surface area contributed by atoms with Crippen molar-refractivity contribution >= 4 is 34.6 Å². The van der Waals surface area contributed by atoms with Crippen molar-refractivity contribution in [3.63, 3.8) is 0 Å². The van der Waals surface area contributed by atoms with Crippen molar-refractivity contribution < 1.29 is 32.6 Å². The fraction of sp³-hybridized carbons (Fsp3) is 0.286. The summed E-state index contributed by atoms with van der Waals surface area (Å²) in [5.41, 5.74) is 1.33. The highest BCUT2D eigenvalue weighted by Crippen LogP contribution is 2.32. The third-order valence-corrected chi connectivity index (χ3v) is 5.96. The molecule has 5 heterocycles. The Morgan fingerprint density at radius 2 is 1.56 bits per heavy atom. The molecule has 2 atom stereocenters. The Labute approximate surface area is 196 Å². The van der Waals surface area contributed by atoms with Crippen LogP contribution in [0.5, 0.6) is 0 Å². The summed E-state index contributed by atoms with van der Waals surface area (Å²) in [6.07, 6.45) is 2.48. The van der Waals surface area contributed by atoms with Gasteiger partial charge in [0.25, 0.3) is 0 Å². The van der Waals surface area contributed by atoms with Crippen molar-refractivity contribution in [3.05, 3.63) is 65.3 Å². The second-order valence-corrected chi connectivity index (χ2v) is 8.06. The van der Waals surface area contributed by atoms with Gasteiger partial charge < -0.3 is 23.0 Å². The zero-order valence-electron chi connectivity index (χ0n) is 18.0. The Morgan fingerprint density at radius 1 is 0.912 bits per heavy atom. The van der Waals surface area contributed by atoms with Crippen molar-refractivity contribution in [1.82, 2.24) is 15.0 Å². The molecule has 34 heavy (non-hydrogen) atoms. The van der Waals surface area contributed by atoms with E-state index in [2.05, 4.69) is 34.4 Å². The number of carbonyl (C=O) groups is 2. The van der Waals surface area contributed by atoms with Crippen LogP contribution >= 0.6 is 11.8 Å². The lowest BCUT2D eigenvalue weighted by Gasteiger charge is -2.03. The van der Waals surface area contributed by atoms with E-state index in [1.807, 2.05) is 12.1 Å². The van der Waals surface area contributed by atoms with E-state index in [9.17, 15) is 9.59 Å². The smallest absolute Gasteiger partial charge is 0.360 e. The Bertz CT molecular complexity index is 1220. The van der Waals surface area contributed by atoms with E-state index in [1.165, 1.54) is 38.5 Å². The van der Waals surface area contributed by atoms with Crippen molar-refractivity contribution in [3.8, 4) is 0 Å². The average Bonchev–Trinajstić information content (AvgIpc) is 3.68. The minimum atomic E-state index is -0.591. The molecular formula is C21H17N5O7S. The van der Waals surface area contributed by atoms with Crippen molar-refractivity contribution in [1.29, 1.82) is 0 Å². The standard InChI is InChI=1S/C21H17N5O7S/c1-29-20(27)13-7-32-17(24-13)12-6-31-16(23-12)10-4-3-5-11(22-10)19-26-15(9-34-19)18-25-14(8-33-18)21(28)30-2/h3-5,7-8,12,15H,6,9H2,1-2H3. The summed E-state index contributed by atoms with van der Waals surface area (Å²) in [4.78, 5) is 45.2. The summed E-state index contributed by atoms with van der Waals surface area (Å²) in [6.45, 7) is 0.201. The zero-order chi connectivity index (χ0) is 23.7. The van der Waals surface area contributed by atoms with Crippen LogP contribution in [0.2, 0.25) is 0 Å². The summed E-state index contributed by atoms with van der Waals surface area (Å²) >= 11 is 1.50. The van der Waals surface area contributed by atoms with E-state index in [4.69, 9.17) is 13.6 Å². The summed E-state index contributed by atoms with van der Waals surface area (Å²) in [7, 11) is 2.55. The van der Waals surface area contributed by atoms with E-state index in [1.54, 1.807) is 6.07 Å². The first-order valence-corrected chi connectivity index (χ1v) is 11.0. The molecule has 0 saturated heterocycles. The van der Waals surface area contributed by atoms with Crippen LogP contribution in [-0.4, -0.2) is 64.4 Å². The van der Waals surface area contributed by atoms with Gasteiger partial charge in [0.15, 0.2) is 17.4 Å². The molecule has 2 unspecified atom stereocenters. The summed E-state index contributed by atoms with van der Waals surface area (Å²) in [6, 6.07) is 4.58. The third-order valence-electron chi connectivity index (χ3n) is 4.89. The van der Waals surface area contributed by atoms with Gasteiger partial charge in [-0.1, -0.05) is 6.07 Å². The number of esters is 2. The molecule has 3 aromatic heterocycles. The van der Waals surface area contributed by atoms with Crippen molar-refractivity contribution in [2.75, 3.05) is 26.6 Å². The van der Waals surface area contributed by atoms with E-state index in [-0.39, 0.29) is 29.9 Å². The Hall–Kier alpha value is -4.00. The van der Waals surface area contributed by atoms with Crippen molar-refractivity contribution in [2.24, 2.45) is 9.98 Å². The number of rotatable bonds is 6. The van der Waals surface area contributed by atoms with Crippen LogP contribution in [0.15, 0.2) is 49.5 Å². The number of aromatic nitrogens is 3. The highest BCUT2D eigenvalue weighted by molar-refractivity contribution is 8.14. The maximum absolute atomic E-state index is 11.6. The molecule has 0 bridgehead atoms. The summed E-state index contributed by atoms with van der Waals surface area (Å²) in [5, 5.41) is 0.704. The van der Waals surface area contributed by atoms with Crippen molar-refractivity contribution in [2.45, 2.75) is 12.1 Å². The SMILES string of the molecule is COC(=O)c1coc(C2COC(c3cccc(C4=NC(c5nc(C(=O)OC)co5)CS4)n3)=N2)n1. The average molecular weight is 483 g/mol. The van der Waals surface area contributed by atoms with E-state index in [0.717, 1.165) is 0 Å². The maximum Gasteiger partial charge on any atom is 0.360 e. The van der Waals surface area contributed by atoms with Gasteiger partial charge in [-0.15, -0.1) is 11.8 Å². The van der Waals surface area contributed by atoms with E-state index in [0.29, 0.717) is 34.0 Å². The molecule has 0 aliphatic carbocycles. The first-order valence-electron chi connectivity index (χ1n) is 10.0. The number of thioether (sulfide) groups is 1. The number of hydrogen-bond donors (Lipinski definition) is 0. The molecular weight excluding hydrogens is 466 g/mol. The van der Waals surface area contributed by atoms with Crippen LogP contribution in [0.1, 0.15) is 56.2 Å². The molecule has 3 aromatic rings. The highest BCUT2D eigenvalue weighted by Gasteiger charge is 2.30.